The highest BCUT2D eigenvalue weighted by atomic mass is 16.5. The molecule has 0 saturated carbocycles. The third-order valence-electron chi connectivity index (χ3n) is 5.51. The summed E-state index contributed by atoms with van der Waals surface area (Å²) in [4.78, 5) is 27.8. The molecule has 11 nitrogen and oxygen atoms in total. The molecule has 0 spiro atoms. The minimum Gasteiger partial charge on any atom is -0.378 e. The number of hydrogen-bond donors (Lipinski definition) is 2. The summed E-state index contributed by atoms with van der Waals surface area (Å²) in [5, 5.41) is 10.4. The molecular formula is C23H25N9O2. The Morgan fingerprint density at radius 1 is 1.21 bits per heavy atom. The number of hydrogen-bond acceptors (Lipinski definition) is 8. The average molecular weight is 460 g/mol. The molecule has 0 atom stereocenters. The largest absolute Gasteiger partial charge is 0.378 e. The zero-order chi connectivity index (χ0) is 23.5. The van der Waals surface area contributed by atoms with E-state index in [0.29, 0.717) is 48.4 Å². The monoisotopic (exact) mass is 459 g/mol. The highest BCUT2D eigenvalue weighted by molar-refractivity contribution is 5.98. The first-order valence-electron chi connectivity index (χ1n) is 10.9. The van der Waals surface area contributed by atoms with Crippen LogP contribution < -0.4 is 15.5 Å². The van der Waals surface area contributed by atoms with Gasteiger partial charge >= 0.3 is 0 Å². The quantitative estimate of drug-likeness (QED) is 0.404. The zero-order valence-electron chi connectivity index (χ0n) is 18.8. The highest BCUT2D eigenvalue weighted by Crippen LogP contribution is 2.26. The Bertz CT molecular complexity index is 1320. The van der Waals surface area contributed by atoms with Gasteiger partial charge in [-0.2, -0.15) is 15.1 Å². The number of carbonyl (C=O) groups excluding carboxylic acids is 1. The van der Waals surface area contributed by atoms with E-state index in [4.69, 9.17) is 14.7 Å². The van der Waals surface area contributed by atoms with Gasteiger partial charge in [0.05, 0.1) is 25.1 Å². The van der Waals surface area contributed by atoms with Crippen molar-refractivity contribution in [2.75, 3.05) is 41.8 Å². The predicted octanol–water partition coefficient (Wildman–Crippen LogP) is 2.12. The molecule has 4 aromatic rings. The van der Waals surface area contributed by atoms with Crippen LogP contribution in [0.5, 0.6) is 0 Å². The molecule has 34 heavy (non-hydrogen) atoms. The Morgan fingerprint density at radius 3 is 2.71 bits per heavy atom. The Morgan fingerprint density at radius 2 is 2.00 bits per heavy atom. The second-order valence-corrected chi connectivity index (χ2v) is 7.87. The molecule has 0 aliphatic carbocycles. The van der Waals surface area contributed by atoms with Gasteiger partial charge in [-0.25, -0.2) is 4.98 Å². The first-order valence-corrected chi connectivity index (χ1v) is 10.9. The van der Waals surface area contributed by atoms with Gasteiger partial charge in [0.25, 0.3) is 0 Å². The van der Waals surface area contributed by atoms with Gasteiger partial charge in [-0.1, -0.05) is 18.7 Å². The van der Waals surface area contributed by atoms with Crippen LogP contribution in [0.1, 0.15) is 5.56 Å². The Kier molecular flexibility index (Phi) is 5.91. The number of aromatic nitrogens is 6. The fourth-order valence-electron chi connectivity index (χ4n) is 3.72. The molecule has 3 aromatic heterocycles. The molecule has 0 bridgehead atoms. The summed E-state index contributed by atoms with van der Waals surface area (Å²) in [5.74, 6) is 1.04. The number of rotatable bonds is 7. The standard InChI is InChI=1S/C23H25N9O2/c1-3-19(33)27-17-6-4-16(5-7-17)12-24-21-20-22(29-23(28-21)31-8-10-34-11-9-31)32(15-25-20)18-13-26-30(2)14-18/h3-7,13-15H,1,8-12H2,2H3,(H,27,33)(H,24,28,29). The van der Waals surface area contributed by atoms with Crippen LogP contribution in [0.25, 0.3) is 16.9 Å². The lowest BCUT2D eigenvalue weighted by Gasteiger charge is -2.27. The average Bonchev–Trinajstić information content (AvgIpc) is 3.49. The number of anilines is 3. The van der Waals surface area contributed by atoms with Gasteiger partial charge in [-0.15, -0.1) is 0 Å². The summed E-state index contributed by atoms with van der Waals surface area (Å²) in [6.45, 7) is 6.73. The van der Waals surface area contributed by atoms with E-state index in [-0.39, 0.29) is 5.91 Å². The molecule has 1 fully saturated rings. The molecule has 1 aliphatic heterocycles. The van der Waals surface area contributed by atoms with E-state index in [2.05, 4.69) is 32.2 Å². The van der Waals surface area contributed by atoms with Crippen LogP contribution in [0.3, 0.4) is 0 Å². The lowest BCUT2D eigenvalue weighted by Crippen LogP contribution is -2.37. The second kappa shape index (κ2) is 9.32. The Labute approximate surface area is 196 Å². The molecule has 4 heterocycles. The van der Waals surface area contributed by atoms with Gasteiger partial charge in [-0.3, -0.25) is 14.0 Å². The number of morpholine rings is 1. The van der Waals surface area contributed by atoms with Crippen molar-refractivity contribution in [2.24, 2.45) is 7.05 Å². The SMILES string of the molecule is C=CC(=O)Nc1ccc(CNc2nc(N3CCOCC3)nc3c2ncn3-c2cnn(C)c2)cc1. The van der Waals surface area contributed by atoms with E-state index in [9.17, 15) is 4.79 Å². The molecule has 2 N–H and O–H groups in total. The normalized spacial score (nSPS) is 13.7. The maximum absolute atomic E-state index is 11.5. The smallest absolute Gasteiger partial charge is 0.247 e. The van der Waals surface area contributed by atoms with E-state index in [1.54, 1.807) is 17.2 Å². The molecule has 5 rings (SSSR count). The van der Waals surface area contributed by atoms with E-state index in [0.717, 1.165) is 24.3 Å². The van der Waals surface area contributed by atoms with Crippen molar-refractivity contribution in [1.82, 2.24) is 29.3 Å². The molecule has 1 aromatic carbocycles. The predicted molar refractivity (Wildman–Crippen MR) is 129 cm³/mol. The first kappa shape index (κ1) is 21.6. The number of carbonyl (C=O) groups is 1. The van der Waals surface area contributed by atoms with Crippen LogP contribution in [0.2, 0.25) is 0 Å². The van der Waals surface area contributed by atoms with E-state index in [1.807, 2.05) is 42.1 Å². The van der Waals surface area contributed by atoms with Gasteiger partial charge in [-0.05, 0) is 23.8 Å². The van der Waals surface area contributed by atoms with Crippen molar-refractivity contribution in [3.05, 3.63) is 61.2 Å². The van der Waals surface area contributed by atoms with E-state index < -0.39 is 0 Å². The zero-order valence-corrected chi connectivity index (χ0v) is 18.8. The molecule has 1 aliphatic rings. The highest BCUT2D eigenvalue weighted by Gasteiger charge is 2.20. The van der Waals surface area contributed by atoms with Gasteiger partial charge in [0, 0.05) is 38.6 Å². The minimum absolute atomic E-state index is 0.242. The van der Waals surface area contributed by atoms with Gasteiger partial charge in [0.1, 0.15) is 6.33 Å². The minimum atomic E-state index is -0.242. The summed E-state index contributed by atoms with van der Waals surface area (Å²) in [5.41, 5.74) is 4.00. The molecular weight excluding hydrogens is 434 g/mol. The van der Waals surface area contributed by atoms with E-state index >= 15 is 0 Å². The van der Waals surface area contributed by atoms with Crippen LogP contribution >= 0.6 is 0 Å². The number of ether oxygens (including phenoxy) is 1. The molecule has 0 radical (unpaired) electrons. The van der Waals surface area contributed by atoms with Crippen molar-refractivity contribution >= 4 is 34.5 Å². The maximum Gasteiger partial charge on any atom is 0.247 e. The summed E-state index contributed by atoms with van der Waals surface area (Å²) >= 11 is 0. The summed E-state index contributed by atoms with van der Waals surface area (Å²) in [7, 11) is 1.87. The van der Waals surface area contributed by atoms with Crippen molar-refractivity contribution in [3.8, 4) is 5.69 Å². The van der Waals surface area contributed by atoms with Gasteiger partial charge in [0.2, 0.25) is 11.9 Å². The fourth-order valence-corrected chi connectivity index (χ4v) is 3.72. The number of nitrogens with zero attached hydrogens (tertiary/aromatic N) is 7. The number of imidazole rings is 1. The van der Waals surface area contributed by atoms with Gasteiger partial charge < -0.3 is 20.3 Å². The summed E-state index contributed by atoms with van der Waals surface area (Å²) in [6.07, 6.45) is 6.67. The third-order valence-corrected chi connectivity index (χ3v) is 5.51. The van der Waals surface area contributed by atoms with Crippen molar-refractivity contribution in [3.63, 3.8) is 0 Å². The third kappa shape index (κ3) is 4.46. The maximum atomic E-state index is 11.5. The Hall–Kier alpha value is -4.25. The molecule has 11 heteroatoms. The number of nitrogens with one attached hydrogen (secondary N) is 2. The van der Waals surface area contributed by atoms with Crippen LogP contribution in [-0.4, -0.2) is 61.5 Å². The van der Waals surface area contributed by atoms with Crippen LogP contribution in [-0.2, 0) is 23.1 Å². The van der Waals surface area contributed by atoms with Crippen molar-refractivity contribution in [1.29, 1.82) is 0 Å². The second-order valence-electron chi connectivity index (χ2n) is 7.87. The molecule has 174 valence electrons. The van der Waals surface area contributed by atoms with Gasteiger partial charge in [0.15, 0.2) is 17.0 Å². The van der Waals surface area contributed by atoms with Crippen molar-refractivity contribution in [2.45, 2.75) is 6.54 Å². The Balaban J connectivity index is 1.45. The topological polar surface area (TPSA) is 115 Å². The lowest BCUT2D eigenvalue weighted by molar-refractivity contribution is -0.111. The number of aryl methyl sites for hydroxylation is 1. The fraction of sp³-hybridized carbons (Fsp3) is 0.261. The summed E-state index contributed by atoms with van der Waals surface area (Å²) < 4.78 is 9.15. The molecule has 1 amide bonds. The first-order chi connectivity index (χ1) is 16.6. The summed E-state index contributed by atoms with van der Waals surface area (Å²) in [6, 6.07) is 7.59. The molecule has 0 unspecified atom stereocenters. The van der Waals surface area contributed by atoms with Crippen LogP contribution in [0.15, 0.2) is 55.6 Å². The number of benzene rings is 1. The van der Waals surface area contributed by atoms with E-state index in [1.165, 1.54) is 6.08 Å². The molecule has 1 saturated heterocycles. The number of amides is 1. The van der Waals surface area contributed by atoms with Crippen LogP contribution in [0, 0.1) is 0 Å². The number of fused-ring (bicyclic) bond motifs is 1. The van der Waals surface area contributed by atoms with Crippen LogP contribution in [0.4, 0.5) is 17.5 Å². The lowest BCUT2D eigenvalue weighted by atomic mass is 10.2. The van der Waals surface area contributed by atoms with Crippen molar-refractivity contribution < 1.29 is 9.53 Å².